The quantitative estimate of drug-likeness (QED) is 0.343. The van der Waals surface area contributed by atoms with Crippen LogP contribution < -0.4 is 15.1 Å². The van der Waals surface area contributed by atoms with Gasteiger partial charge in [0, 0.05) is 36.1 Å². The van der Waals surface area contributed by atoms with Gasteiger partial charge in [0.1, 0.15) is 17.2 Å². The summed E-state index contributed by atoms with van der Waals surface area (Å²) in [7, 11) is -3.61. The third kappa shape index (κ3) is 3.84. The maximum absolute atomic E-state index is 13.3. The average Bonchev–Trinajstić information content (AvgIpc) is 3.05. The van der Waals surface area contributed by atoms with E-state index in [1.807, 2.05) is 0 Å². The predicted molar refractivity (Wildman–Crippen MR) is 108 cm³/mol. The standard InChI is InChI=1S/C18H18BFN2O6S/c1-3-22(29(26)27)14-9-15-12(8-13(14)19(24)25)16(18(23)21-2)17(28-15)10-4-6-11(20)7-5-10/h4-9,24-25,29H,3H2,1-2H3,(H,21,23). The molecule has 0 aliphatic carbocycles. The number of furan rings is 1. The second kappa shape index (κ2) is 8.23. The van der Waals surface area contributed by atoms with Crippen LogP contribution in [0.25, 0.3) is 22.3 Å². The third-order valence-electron chi connectivity index (χ3n) is 4.45. The highest BCUT2D eigenvalue weighted by molar-refractivity contribution is 7.74. The molecule has 1 amide bonds. The molecule has 0 bridgehead atoms. The summed E-state index contributed by atoms with van der Waals surface area (Å²) in [6, 6.07) is 7.94. The van der Waals surface area contributed by atoms with Gasteiger partial charge in [-0.05, 0) is 37.3 Å². The number of carbonyl (C=O) groups is 1. The lowest BCUT2D eigenvalue weighted by Gasteiger charge is -2.19. The van der Waals surface area contributed by atoms with E-state index >= 15 is 0 Å². The second-order valence-corrected chi connectivity index (χ2v) is 7.09. The first-order valence-electron chi connectivity index (χ1n) is 8.64. The van der Waals surface area contributed by atoms with Crippen molar-refractivity contribution in [1.29, 1.82) is 0 Å². The van der Waals surface area contributed by atoms with E-state index in [2.05, 4.69) is 5.32 Å². The highest BCUT2D eigenvalue weighted by Gasteiger charge is 2.27. The normalized spacial score (nSPS) is 11.1. The van der Waals surface area contributed by atoms with Gasteiger partial charge in [0.2, 0.25) is 10.9 Å². The van der Waals surface area contributed by atoms with Crippen LogP contribution in [0.15, 0.2) is 40.8 Å². The van der Waals surface area contributed by atoms with E-state index in [4.69, 9.17) is 4.42 Å². The number of hydrogen-bond acceptors (Lipinski definition) is 6. The van der Waals surface area contributed by atoms with Crippen molar-refractivity contribution in [3.05, 3.63) is 47.8 Å². The van der Waals surface area contributed by atoms with Crippen molar-refractivity contribution in [2.45, 2.75) is 6.92 Å². The molecule has 29 heavy (non-hydrogen) atoms. The molecule has 1 heterocycles. The second-order valence-electron chi connectivity index (χ2n) is 6.13. The summed E-state index contributed by atoms with van der Waals surface area (Å²) in [4.78, 5) is 12.5. The summed E-state index contributed by atoms with van der Waals surface area (Å²) in [5.41, 5.74) is 0.620. The molecule has 0 atom stereocenters. The number of amides is 1. The molecule has 0 saturated carbocycles. The largest absolute Gasteiger partial charge is 0.490 e. The molecule has 11 heteroatoms. The summed E-state index contributed by atoms with van der Waals surface area (Å²) in [6.45, 7) is 1.64. The Bertz CT molecular complexity index is 1140. The SMILES string of the molecule is CCN(c1cc2oc(-c3ccc(F)cc3)c(C(=O)NC)c2cc1B(O)O)[SH](=O)=O. The fourth-order valence-electron chi connectivity index (χ4n) is 3.11. The van der Waals surface area contributed by atoms with Crippen LogP contribution in [0.1, 0.15) is 17.3 Å². The Morgan fingerprint density at radius 3 is 2.41 bits per heavy atom. The fraction of sp³-hybridized carbons (Fsp3) is 0.167. The van der Waals surface area contributed by atoms with Crippen molar-refractivity contribution in [2.24, 2.45) is 0 Å². The van der Waals surface area contributed by atoms with Gasteiger partial charge in [-0.15, -0.1) is 0 Å². The van der Waals surface area contributed by atoms with E-state index in [0.29, 0.717) is 5.56 Å². The summed E-state index contributed by atoms with van der Waals surface area (Å²) >= 11 is 0. The molecule has 0 saturated heterocycles. The third-order valence-corrected chi connectivity index (χ3v) is 5.34. The zero-order chi connectivity index (χ0) is 21.3. The molecular formula is C18H18BFN2O6S. The Morgan fingerprint density at radius 2 is 1.90 bits per heavy atom. The number of fused-ring (bicyclic) bond motifs is 1. The summed E-state index contributed by atoms with van der Waals surface area (Å²) in [6.07, 6.45) is 0. The maximum Gasteiger partial charge on any atom is 0.490 e. The van der Waals surface area contributed by atoms with Crippen LogP contribution in [0.3, 0.4) is 0 Å². The van der Waals surface area contributed by atoms with Crippen molar-refractivity contribution >= 4 is 46.0 Å². The van der Waals surface area contributed by atoms with E-state index in [9.17, 15) is 27.7 Å². The van der Waals surface area contributed by atoms with Crippen LogP contribution in [0.5, 0.6) is 0 Å². The lowest BCUT2D eigenvalue weighted by atomic mass is 9.78. The molecular weight excluding hydrogens is 402 g/mol. The molecule has 3 aromatic rings. The number of thiol groups is 1. The molecule has 0 aliphatic heterocycles. The van der Waals surface area contributed by atoms with Crippen LogP contribution in [0.4, 0.5) is 10.1 Å². The Hall–Kier alpha value is -2.89. The number of benzene rings is 2. The van der Waals surface area contributed by atoms with Gasteiger partial charge in [-0.1, -0.05) is 0 Å². The van der Waals surface area contributed by atoms with E-state index in [0.717, 1.165) is 4.31 Å². The van der Waals surface area contributed by atoms with Crippen molar-refractivity contribution in [1.82, 2.24) is 5.32 Å². The van der Waals surface area contributed by atoms with Crippen molar-refractivity contribution in [3.63, 3.8) is 0 Å². The minimum absolute atomic E-state index is 0.0222. The van der Waals surface area contributed by atoms with Gasteiger partial charge in [-0.3, -0.25) is 9.10 Å². The van der Waals surface area contributed by atoms with Crippen molar-refractivity contribution in [3.8, 4) is 11.3 Å². The number of halogens is 1. The summed E-state index contributed by atoms with van der Waals surface area (Å²) in [5, 5.41) is 22.3. The molecule has 8 nitrogen and oxygen atoms in total. The molecule has 152 valence electrons. The monoisotopic (exact) mass is 420 g/mol. The van der Waals surface area contributed by atoms with E-state index in [-0.39, 0.29) is 40.0 Å². The lowest BCUT2D eigenvalue weighted by molar-refractivity contribution is 0.0964. The highest BCUT2D eigenvalue weighted by atomic mass is 32.2. The maximum atomic E-state index is 13.3. The first-order chi connectivity index (χ1) is 13.8. The first-order valence-corrected chi connectivity index (χ1v) is 9.77. The van der Waals surface area contributed by atoms with Crippen LogP contribution in [-0.2, 0) is 10.9 Å². The van der Waals surface area contributed by atoms with E-state index < -0.39 is 29.7 Å². The number of nitrogens with one attached hydrogen (secondary N) is 1. The smallest absolute Gasteiger partial charge is 0.455 e. The number of nitrogens with zero attached hydrogens (tertiary/aromatic N) is 1. The van der Waals surface area contributed by atoms with Gasteiger partial charge in [0.25, 0.3) is 5.91 Å². The Balaban J connectivity index is 2.37. The molecule has 0 radical (unpaired) electrons. The molecule has 3 rings (SSSR count). The zero-order valence-electron chi connectivity index (χ0n) is 15.5. The highest BCUT2D eigenvalue weighted by Crippen LogP contribution is 2.35. The van der Waals surface area contributed by atoms with Crippen molar-refractivity contribution < 1.29 is 32.1 Å². The lowest BCUT2D eigenvalue weighted by Crippen LogP contribution is -2.36. The number of rotatable bonds is 6. The number of carbonyl (C=O) groups excluding carboxylic acids is 1. The van der Waals surface area contributed by atoms with E-state index in [1.165, 1.54) is 43.4 Å². The molecule has 3 N–H and O–H groups in total. The van der Waals surface area contributed by atoms with Crippen LogP contribution in [-0.4, -0.2) is 45.1 Å². The van der Waals surface area contributed by atoms with Crippen LogP contribution >= 0.6 is 0 Å². The van der Waals surface area contributed by atoms with Gasteiger partial charge in [0.05, 0.1) is 11.3 Å². The summed E-state index contributed by atoms with van der Waals surface area (Å²) in [5.74, 6) is -0.821. The molecule has 2 aromatic carbocycles. The first kappa shape index (κ1) is 20.8. The Kier molecular flexibility index (Phi) is 5.92. The molecule has 0 unspecified atom stereocenters. The van der Waals surface area contributed by atoms with Gasteiger partial charge in [0.15, 0.2) is 0 Å². The average molecular weight is 420 g/mol. The Morgan fingerprint density at radius 1 is 1.24 bits per heavy atom. The molecule has 0 fully saturated rings. The van der Waals surface area contributed by atoms with Gasteiger partial charge in [-0.25, -0.2) is 12.8 Å². The molecule has 1 aromatic heterocycles. The van der Waals surface area contributed by atoms with Gasteiger partial charge < -0.3 is 19.8 Å². The number of anilines is 1. The minimum Gasteiger partial charge on any atom is -0.455 e. The Labute approximate surface area is 167 Å². The minimum atomic E-state index is -3.05. The fourth-order valence-corrected chi connectivity index (χ4v) is 3.69. The predicted octanol–water partition coefficient (Wildman–Crippen LogP) is 0.631. The zero-order valence-corrected chi connectivity index (χ0v) is 16.4. The van der Waals surface area contributed by atoms with Gasteiger partial charge >= 0.3 is 7.12 Å². The van der Waals surface area contributed by atoms with Crippen LogP contribution in [0, 0.1) is 5.82 Å². The molecule has 0 aliphatic rings. The molecule has 0 spiro atoms. The van der Waals surface area contributed by atoms with E-state index in [1.54, 1.807) is 6.92 Å². The van der Waals surface area contributed by atoms with Gasteiger partial charge in [-0.2, -0.15) is 0 Å². The summed E-state index contributed by atoms with van der Waals surface area (Å²) < 4.78 is 43.3. The van der Waals surface area contributed by atoms with Crippen molar-refractivity contribution in [2.75, 3.05) is 17.9 Å². The number of hydrogen-bond donors (Lipinski definition) is 4. The topological polar surface area (TPSA) is 120 Å². The van der Waals surface area contributed by atoms with Crippen LogP contribution in [0.2, 0.25) is 0 Å².